The predicted octanol–water partition coefficient (Wildman–Crippen LogP) is 13.0. The van der Waals surface area contributed by atoms with Gasteiger partial charge in [-0.3, -0.25) is 0 Å². The first-order chi connectivity index (χ1) is 23.3. The van der Waals surface area contributed by atoms with E-state index in [4.69, 9.17) is 0 Å². The minimum atomic E-state index is 1.10. The van der Waals surface area contributed by atoms with Gasteiger partial charge in [0.05, 0.1) is 0 Å². The van der Waals surface area contributed by atoms with Gasteiger partial charge in [0.2, 0.25) is 0 Å². The zero-order valence-corrected chi connectivity index (χ0v) is 26.0. The largest absolute Gasteiger partial charge is 0.310 e. The van der Waals surface area contributed by atoms with Crippen LogP contribution in [0.4, 0.5) is 17.1 Å². The molecule has 1 heteroatoms. The molecule has 0 fully saturated rings. The summed E-state index contributed by atoms with van der Waals surface area (Å²) in [5.41, 5.74) is 13.0. The number of nitrogens with zero attached hydrogens (tertiary/aromatic N) is 1. The molecule has 222 valence electrons. The van der Waals surface area contributed by atoms with Crippen LogP contribution in [0.3, 0.4) is 0 Å². The first-order valence-electron chi connectivity index (χ1n) is 16.1. The molecule has 0 spiro atoms. The highest BCUT2D eigenvalue weighted by Crippen LogP contribution is 2.40. The van der Waals surface area contributed by atoms with Gasteiger partial charge in [0, 0.05) is 17.1 Å². The van der Waals surface area contributed by atoms with Gasteiger partial charge in [-0.1, -0.05) is 158 Å². The Morgan fingerprint density at radius 1 is 0.255 bits per heavy atom. The predicted molar refractivity (Wildman–Crippen MR) is 200 cm³/mol. The molecule has 0 aromatic heterocycles. The number of anilines is 3. The summed E-state index contributed by atoms with van der Waals surface area (Å²) in [6, 6.07) is 71.8. The molecule has 0 aliphatic rings. The number of fused-ring (bicyclic) bond motifs is 1. The van der Waals surface area contributed by atoms with Crippen LogP contribution in [0, 0.1) is 0 Å². The third kappa shape index (κ3) is 5.83. The lowest BCUT2D eigenvalue weighted by atomic mass is 9.97. The normalized spacial score (nSPS) is 11.0. The maximum absolute atomic E-state index is 2.37. The van der Waals surface area contributed by atoms with Crippen molar-refractivity contribution in [3.8, 4) is 44.5 Å². The molecule has 0 bridgehead atoms. The van der Waals surface area contributed by atoms with Crippen molar-refractivity contribution >= 4 is 27.8 Å². The fraction of sp³-hybridized carbons (Fsp3) is 0. The molecule has 0 saturated heterocycles. The second-order valence-electron chi connectivity index (χ2n) is 11.8. The van der Waals surface area contributed by atoms with E-state index in [-0.39, 0.29) is 0 Å². The van der Waals surface area contributed by atoms with Crippen molar-refractivity contribution in [1.29, 1.82) is 0 Å². The van der Waals surface area contributed by atoms with E-state index in [9.17, 15) is 0 Å². The van der Waals surface area contributed by atoms with E-state index in [1.165, 1.54) is 55.3 Å². The van der Waals surface area contributed by atoms with E-state index in [1.807, 2.05) is 0 Å². The summed E-state index contributed by atoms with van der Waals surface area (Å²) in [7, 11) is 0. The Bertz CT molecular complexity index is 2280. The Labute approximate surface area is 276 Å². The van der Waals surface area contributed by atoms with Crippen LogP contribution < -0.4 is 4.90 Å². The molecule has 0 aliphatic heterocycles. The van der Waals surface area contributed by atoms with E-state index in [2.05, 4.69) is 205 Å². The highest BCUT2D eigenvalue weighted by atomic mass is 15.1. The van der Waals surface area contributed by atoms with Gasteiger partial charge in [-0.15, -0.1) is 0 Å². The minimum Gasteiger partial charge on any atom is -0.310 e. The lowest BCUT2D eigenvalue weighted by molar-refractivity contribution is 1.28. The minimum absolute atomic E-state index is 1.10. The fourth-order valence-corrected chi connectivity index (χ4v) is 6.50. The summed E-state index contributed by atoms with van der Waals surface area (Å²) < 4.78 is 0. The molecule has 0 heterocycles. The molecule has 8 rings (SSSR count). The van der Waals surface area contributed by atoms with Crippen LogP contribution in [0.2, 0.25) is 0 Å². The van der Waals surface area contributed by atoms with E-state index >= 15 is 0 Å². The van der Waals surface area contributed by atoms with Gasteiger partial charge in [-0.25, -0.2) is 0 Å². The molecule has 1 nitrogen and oxygen atoms in total. The monoisotopic (exact) mass is 599 g/mol. The van der Waals surface area contributed by atoms with Crippen molar-refractivity contribution in [3.05, 3.63) is 200 Å². The Kier molecular flexibility index (Phi) is 7.63. The molecule has 0 N–H and O–H groups in total. The second kappa shape index (κ2) is 12.7. The molecule has 0 amide bonds. The summed E-state index contributed by atoms with van der Waals surface area (Å²) in [6.07, 6.45) is 0. The Morgan fingerprint density at radius 3 is 1.36 bits per heavy atom. The average molecular weight is 600 g/mol. The first kappa shape index (κ1) is 28.3. The van der Waals surface area contributed by atoms with Crippen molar-refractivity contribution in [2.45, 2.75) is 0 Å². The van der Waals surface area contributed by atoms with Crippen LogP contribution in [-0.4, -0.2) is 0 Å². The second-order valence-corrected chi connectivity index (χ2v) is 11.8. The van der Waals surface area contributed by atoms with Crippen molar-refractivity contribution in [2.75, 3.05) is 4.90 Å². The maximum Gasteiger partial charge on any atom is 0.0467 e. The Morgan fingerprint density at radius 2 is 0.702 bits per heavy atom. The Balaban J connectivity index is 1.23. The number of hydrogen-bond donors (Lipinski definition) is 0. The van der Waals surface area contributed by atoms with Gasteiger partial charge in [0.1, 0.15) is 0 Å². The molecule has 8 aromatic rings. The molecule has 0 atom stereocenters. The Hall–Kier alpha value is -6.18. The lowest BCUT2D eigenvalue weighted by Gasteiger charge is -2.27. The van der Waals surface area contributed by atoms with Gasteiger partial charge in [-0.05, 0) is 97.7 Å². The molecule has 0 unspecified atom stereocenters. The number of hydrogen-bond acceptors (Lipinski definition) is 1. The van der Waals surface area contributed by atoms with Crippen LogP contribution in [0.15, 0.2) is 200 Å². The van der Waals surface area contributed by atoms with Crippen LogP contribution in [0.25, 0.3) is 55.3 Å². The maximum atomic E-state index is 2.37. The van der Waals surface area contributed by atoms with Crippen molar-refractivity contribution in [2.24, 2.45) is 0 Å². The summed E-state index contributed by atoms with van der Waals surface area (Å²) in [5, 5.41) is 2.50. The van der Waals surface area contributed by atoms with Crippen molar-refractivity contribution in [1.82, 2.24) is 0 Å². The molecular weight excluding hydrogens is 567 g/mol. The summed E-state index contributed by atoms with van der Waals surface area (Å²) >= 11 is 0. The first-order valence-corrected chi connectivity index (χ1v) is 16.1. The standard InChI is InChI=1S/C46H33N/c1-3-13-34(14-4-1)38-19-9-20-39(31-38)36-27-29-42(30-28-36)47(43-23-10-21-40(32-43)35-15-5-2-6-16-35)44-24-11-22-41(33-44)46-26-12-18-37-17-7-8-25-45(37)46/h1-33H. The van der Waals surface area contributed by atoms with E-state index in [0.717, 1.165) is 17.1 Å². The highest BCUT2D eigenvalue weighted by molar-refractivity contribution is 5.97. The molecule has 0 saturated carbocycles. The fourth-order valence-electron chi connectivity index (χ4n) is 6.50. The smallest absolute Gasteiger partial charge is 0.0467 e. The topological polar surface area (TPSA) is 3.24 Å². The molecule has 0 aliphatic carbocycles. The quantitative estimate of drug-likeness (QED) is 0.176. The zero-order chi connectivity index (χ0) is 31.4. The third-order valence-electron chi connectivity index (χ3n) is 8.84. The lowest BCUT2D eigenvalue weighted by Crippen LogP contribution is -2.10. The summed E-state index contributed by atoms with van der Waals surface area (Å²) in [4.78, 5) is 2.37. The van der Waals surface area contributed by atoms with Crippen molar-refractivity contribution < 1.29 is 0 Å². The van der Waals surface area contributed by atoms with E-state index in [0.29, 0.717) is 0 Å². The highest BCUT2D eigenvalue weighted by Gasteiger charge is 2.15. The summed E-state index contributed by atoms with van der Waals surface area (Å²) in [5.74, 6) is 0. The van der Waals surface area contributed by atoms with Gasteiger partial charge in [-0.2, -0.15) is 0 Å². The number of rotatable bonds is 7. The zero-order valence-electron chi connectivity index (χ0n) is 26.0. The van der Waals surface area contributed by atoms with Crippen LogP contribution in [-0.2, 0) is 0 Å². The van der Waals surface area contributed by atoms with Gasteiger partial charge < -0.3 is 4.90 Å². The molecule has 0 radical (unpaired) electrons. The van der Waals surface area contributed by atoms with Gasteiger partial charge in [0.25, 0.3) is 0 Å². The van der Waals surface area contributed by atoms with E-state index in [1.54, 1.807) is 0 Å². The molecular formula is C46H33N. The van der Waals surface area contributed by atoms with Crippen LogP contribution >= 0.6 is 0 Å². The van der Waals surface area contributed by atoms with Crippen LogP contribution in [0.1, 0.15) is 0 Å². The summed E-state index contributed by atoms with van der Waals surface area (Å²) in [6.45, 7) is 0. The average Bonchev–Trinajstić information content (AvgIpc) is 3.16. The van der Waals surface area contributed by atoms with Gasteiger partial charge in [0.15, 0.2) is 0 Å². The van der Waals surface area contributed by atoms with Crippen LogP contribution in [0.5, 0.6) is 0 Å². The van der Waals surface area contributed by atoms with Gasteiger partial charge >= 0.3 is 0 Å². The van der Waals surface area contributed by atoms with Crippen molar-refractivity contribution in [3.63, 3.8) is 0 Å². The molecule has 8 aromatic carbocycles. The SMILES string of the molecule is c1ccc(-c2cccc(-c3ccc(N(c4cccc(-c5ccccc5)c4)c4cccc(-c5cccc6ccccc56)c4)cc3)c2)cc1. The van der Waals surface area contributed by atoms with E-state index < -0.39 is 0 Å². The number of benzene rings is 8. The third-order valence-corrected chi connectivity index (χ3v) is 8.84. The molecule has 47 heavy (non-hydrogen) atoms.